The van der Waals surface area contributed by atoms with E-state index in [1.54, 1.807) is 0 Å². The van der Waals surface area contributed by atoms with Crippen LogP contribution in [0.3, 0.4) is 0 Å². The lowest BCUT2D eigenvalue weighted by Crippen LogP contribution is -2.58. The molecule has 3 rings (SSSR count). The molecule has 1 atom stereocenters. The number of ether oxygens (including phenoxy) is 1. The predicted octanol–water partition coefficient (Wildman–Crippen LogP) is 4.18. The summed E-state index contributed by atoms with van der Waals surface area (Å²) in [4.78, 5) is 4.41. The number of aryl methyl sites for hydroxylation is 1. The Bertz CT molecular complexity index is 774. The minimum absolute atomic E-state index is 0. The third kappa shape index (κ3) is 7.25. The Hall–Kier alpha value is -1.64. The van der Waals surface area contributed by atoms with Crippen LogP contribution >= 0.6 is 24.0 Å². The van der Waals surface area contributed by atoms with Crippen LogP contribution in [-0.4, -0.2) is 38.3 Å². The molecular weight excluding hydrogens is 487 g/mol. The molecule has 5 nitrogen and oxygen atoms in total. The first-order valence-electron chi connectivity index (χ1n) is 10.5. The van der Waals surface area contributed by atoms with Crippen LogP contribution in [0.4, 0.5) is 0 Å². The number of benzene rings is 2. The number of halogens is 1. The second kappa shape index (κ2) is 12.3. The smallest absolute Gasteiger partial charge is 0.191 e. The molecule has 6 heteroatoms. The first kappa shape index (κ1) is 24.6. The van der Waals surface area contributed by atoms with Crippen LogP contribution in [0.2, 0.25) is 0 Å². The molecule has 0 aromatic heterocycles. The van der Waals surface area contributed by atoms with Gasteiger partial charge >= 0.3 is 0 Å². The van der Waals surface area contributed by atoms with E-state index in [9.17, 15) is 0 Å². The van der Waals surface area contributed by atoms with E-state index in [1.807, 2.05) is 7.05 Å². The number of hydrogen-bond donors (Lipinski definition) is 3. The van der Waals surface area contributed by atoms with Gasteiger partial charge in [-0.3, -0.25) is 4.99 Å². The van der Waals surface area contributed by atoms with Gasteiger partial charge in [0.1, 0.15) is 0 Å². The van der Waals surface area contributed by atoms with E-state index in [0.717, 1.165) is 45.1 Å². The minimum Gasteiger partial charge on any atom is -0.381 e. The minimum atomic E-state index is -0.0189. The Balaban J connectivity index is 0.00000320. The number of aliphatic imine (C=N–C) groups is 1. The van der Waals surface area contributed by atoms with Crippen LogP contribution in [0.5, 0.6) is 0 Å². The zero-order valence-corrected chi connectivity index (χ0v) is 20.6. The molecule has 1 fully saturated rings. The summed E-state index contributed by atoms with van der Waals surface area (Å²) >= 11 is 0. The molecule has 30 heavy (non-hydrogen) atoms. The van der Waals surface area contributed by atoms with Crippen molar-refractivity contribution in [2.75, 3.05) is 26.8 Å². The average molecular weight is 522 g/mol. The van der Waals surface area contributed by atoms with Crippen molar-refractivity contribution in [1.82, 2.24) is 16.0 Å². The summed E-state index contributed by atoms with van der Waals surface area (Å²) in [6.45, 7) is 7.47. The van der Waals surface area contributed by atoms with Crippen LogP contribution in [0.15, 0.2) is 59.6 Å². The fourth-order valence-corrected chi connectivity index (χ4v) is 3.78. The third-order valence-electron chi connectivity index (χ3n) is 5.67. The van der Waals surface area contributed by atoms with E-state index in [0.29, 0.717) is 0 Å². The van der Waals surface area contributed by atoms with E-state index in [2.05, 4.69) is 89.4 Å². The zero-order chi connectivity index (χ0) is 20.5. The van der Waals surface area contributed by atoms with E-state index in [1.165, 1.54) is 16.7 Å². The van der Waals surface area contributed by atoms with Gasteiger partial charge in [-0.2, -0.15) is 0 Å². The maximum Gasteiger partial charge on any atom is 0.191 e. The quantitative estimate of drug-likeness (QED) is 0.290. The maximum atomic E-state index is 5.65. The van der Waals surface area contributed by atoms with Gasteiger partial charge in [-0.25, -0.2) is 0 Å². The Kier molecular flexibility index (Phi) is 10.1. The lowest BCUT2D eigenvalue weighted by Gasteiger charge is -2.41. The van der Waals surface area contributed by atoms with E-state index in [-0.39, 0.29) is 35.6 Å². The molecule has 2 aromatic rings. The molecule has 164 valence electrons. The fourth-order valence-electron chi connectivity index (χ4n) is 3.78. The van der Waals surface area contributed by atoms with Crippen molar-refractivity contribution in [1.29, 1.82) is 0 Å². The van der Waals surface area contributed by atoms with Crippen molar-refractivity contribution in [2.24, 2.45) is 4.99 Å². The molecule has 1 unspecified atom stereocenters. The van der Waals surface area contributed by atoms with Crippen LogP contribution < -0.4 is 16.0 Å². The molecule has 1 heterocycles. The van der Waals surface area contributed by atoms with Gasteiger partial charge < -0.3 is 20.7 Å². The molecule has 0 radical (unpaired) electrons. The van der Waals surface area contributed by atoms with Gasteiger partial charge in [0.15, 0.2) is 5.96 Å². The van der Waals surface area contributed by atoms with E-state index < -0.39 is 0 Å². The topological polar surface area (TPSA) is 57.7 Å². The summed E-state index contributed by atoms with van der Waals surface area (Å²) in [5.74, 6) is 0.825. The number of nitrogens with zero attached hydrogens (tertiary/aromatic N) is 1. The monoisotopic (exact) mass is 522 g/mol. The van der Waals surface area contributed by atoms with Crippen molar-refractivity contribution < 1.29 is 4.74 Å². The molecule has 0 saturated carbocycles. The Morgan fingerprint density at radius 2 is 1.70 bits per heavy atom. The molecular formula is C24H35IN4O. The predicted molar refractivity (Wildman–Crippen MR) is 136 cm³/mol. The van der Waals surface area contributed by atoms with Crippen LogP contribution in [0.25, 0.3) is 0 Å². The van der Waals surface area contributed by atoms with Gasteiger partial charge in [-0.1, -0.05) is 60.2 Å². The van der Waals surface area contributed by atoms with Gasteiger partial charge in [0.05, 0.1) is 0 Å². The molecule has 3 N–H and O–H groups in total. The third-order valence-corrected chi connectivity index (χ3v) is 5.67. The van der Waals surface area contributed by atoms with Gasteiger partial charge in [-0.15, -0.1) is 24.0 Å². The van der Waals surface area contributed by atoms with Crippen molar-refractivity contribution in [3.05, 3.63) is 71.3 Å². The highest BCUT2D eigenvalue weighted by molar-refractivity contribution is 14.0. The highest BCUT2D eigenvalue weighted by Gasteiger charge is 2.34. The molecule has 0 spiro atoms. The van der Waals surface area contributed by atoms with Gasteiger partial charge in [-0.05, 0) is 37.8 Å². The van der Waals surface area contributed by atoms with Crippen molar-refractivity contribution in [2.45, 2.75) is 44.8 Å². The molecule has 0 amide bonds. The summed E-state index contributed by atoms with van der Waals surface area (Å²) in [6.07, 6.45) is 1.96. The van der Waals surface area contributed by atoms with Crippen LogP contribution in [-0.2, 0) is 11.3 Å². The van der Waals surface area contributed by atoms with E-state index >= 15 is 0 Å². The summed E-state index contributed by atoms with van der Waals surface area (Å²) in [6, 6.07) is 19.5. The summed E-state index contributed by atoms with van der Waals surface area (Å²) in [5, 5.41) is 10.8. The standard InChI is InChI=1S/C24H34N4O.HI/c1-19-9-11-21(12-10-19)17-26-23(25-3)27-18-24(13-15-29-16-14-24)28-20(2)22-7-5-4-6-8-22;/h4-12,20,28H,13-18H2,1-3H3,(H2,25,26,27);1H. The van der Waals surface area contributed by atoms with Gasteiger partial charge in [0.25, 0.3) is 0 Å². The van der Waals surface area contributed by atoms with Gasteiger partial charge in [0.2, 0.25) is 0 Å². The first-order chi connectivity index (χ1) is 14.1. The van der Waals surface area contributed by atoms with Crippen LogP contribution in [0, 0.1) is 6.92 Å². The summed E-state index contributed by atoms with van der Waals surface area (Å²) in [5.41, 5.74) is 3.81. The highest BCUT2D eigenvalue weighted by atomic mass is 127. The SMILES string of the molecule is CN=C(NCc1ccc(C)cc1)NCC1(NC(C)c2ccccc2)CCOCC1.I. The summed E-state index contributed by atoms with van der Waals surface area (Å²) in [7, 11) is 1.82. The molecule has 0 aliphatic carbocycles. The van der Waals surface area contributed by atoms with Gasteiger partial charge in [0, 0.05) is 44.9 Å². The van der Waals surface area contributed by atoms with Crippen molar-refractivity contribution in [3.8, 4) is 0 Å². The highest BCUT2D eigenvalue weighted by Crippen LogP contribution is 2.25. The Morgan fingerprint density at radius 3 is 2.33 bits per heavy atom. The maximum absolute atomic E-state index is 5.65. The molecule has 1 aliphatic rings. The second-order valence-electron chi connectivity index (χ2n) is 7.93. The molecule has 1 saturated heterocycles. The average Bonchev–Trinajstić information content (AvgIpc) is 2.76. The Labute approximate surface area is 198 Å². The fraction of sp³-hybridized carbons (Fsp3) is 0.458. The first-order valence-corrected chi connectivity index (χ1v) is 10.5. The molecule has 1 aliphatic heterocycles. The molecule has 0 bridgehead atoms. The molecule has 2 aromatic carbocycles. The number of guanidine groups is 1. The van der Waals surface area contributed by atoms with Crippen molar-refractivity contribution >= 4 is 29.9 Å². The lowest BCUT2D eigenvalue weighted by atomic mass is 9.88. The zero-order valence-electron chi connectivity index (χ0n) is 18.3. The normalized spacial score (nSPS) is 17.0. The summed E-state index contributed by atoms with van der Waals surface area (Å²) < 4.78 is 5.65. The van der Waals surface area contributed by atoms with Crippen LogP contribution in [0.1, 0.15) is 42.5 Å². The number of rotatable bonds is 7. The van der Waals surface area contributed by atoms with Crippen molar-refractivity contribution in [3.63, 3.8) is 0 Å². The number of hydrogen-bond acceptors (Lipinski definition) is 3. The van der Waals surface area contributed by atoms with E-state index in [4.69, 9.17) is 4.74 Å². The number of nitrogens with one attached hydrogen (secondary N) is 3. The Morgan fingerprint density at radius 1 is 1.03 bits per heavy atom. The second-order valence-corrected chi connectivity index (χ2v) is 7.93. The lowest BCUT2D eigenvalue weighted by molar-refractivity contribution is 0.0355. The largest absolute Gasteiger partial charge is 0.381 e.